The van der Waals surface area contributed by atoms with E-state index < -0.39 is 34.9 Å². The number of amides is 2. The van der Waals surface area contributed by atoms with E-state index >= 15 is 0 Å². The summed E-state index contributed by atoms with van der Waals surface area (Å²) in [5.74, 6) is -1.75. The van der Waals surface area contributed by atoms with E-state index in [0.717, 1.165) is 0 Å². The van der Waals surface area contributed by atoms with Crippen LogP contribution in [0, 0.1) is 0 Å². The van der Waals surface area contributed by atoms with E-state index in [1.165, 1.54) is 12.1 Å². The highest BCUT2D eigenvalue weighted by Crippen LogP contribution is 2.42. The minimum Gasteiger partial charge on any atom is -0.397 e. The Kier molecular flexibility index (Phi) is 4.14. The van der Waals surface area contributed by atoms with Gasteiger partial charge in [-0.3, -0.25) is 9.59 Å². The number of carbonyl (C=O) groups is 2. The second-order valence-corrected chi connectivity index (χ2v) is 6.35. The first-order chi connectivity index (χ1) is 11.5. The summed E-state index contributed by atoms with van der Waals surface area (Å²) in [6.45, 7) is 0. The Bertz CT molecular complexity index is 904. The molecule has 2 aromatic carbocycles. The molecule has 1 aliphatic rings. The summed E-state index contributed by atoms with van der Waals surface area (Å²) in [5, 5.41) is -0.296. The molecule has 3 rings (SSSR count). The molecule has 0 bridgehead atoms. The van der Waals surface area contributed by atoms with Crippen molar-refractivity contribution in [2.75, 3.05) is 10.6 Å². The predicted octanol–water partition coefficient (Wildman–Crippen LogP) is 5.05. The minimum absolute atomic E-state index is 0.0260. The Morgan fingerprint density at radius 2 is 1.36 bits per heavy atom. The summed E-state index contributed by atoms with van der Waals surface area (Å²) in [7, 11) is 0. The molecule has 0 fully saturated rings. The smallest absolute Gasteiger partial charge is 0.397 e. The molecular weight excluding hydrogens is 404 g/mol. The van der Waals surface area contributed by atoms with Crippen LogP contribution in [0.5, 0.6) is 0 Å². The van der Waals surface area contributed by atoms with Crippen molar-refractivity contribution < 1.29 is 22.8 Å². The van der Waals surface area contributed by atoms with Crippen molar-refractivity contribution in [2.45, 2.75) is 6.18 Å². The summed E-state index contributed by atoms with van der Waals surface area (Å²) >= 11 is 17.6. The van der Waals surface area contributed by atoms with Gasteiger partial charge < -0.3 is 5.73 Å². The standard InChI is InChI=1S/C15H6Cl3F3N2O2/c16-8-3-6-7(4-9(8)17)14(25)23(13(6)24)11-2-5(15(19,20)21)1-10(22)12(11)18/h1-4H,22H2. The fourth-order valence-electron chi connectivity index (χ4n) is 2.41. The Hall–Kier alpha value is -1.96. The van der Waals surface area contributed by atoms with Gasteiger partial charge in [0.2, 0.25) is 0 Å². The molecule has 130 valence electrons. The van der Waals surface area contributed by atoms with Gasteiger partial charge in [0.1, 0.15) is 0 Å². The zero-order chi connectivity index (χ0) is 18.7. The van der Waals surface area contributed by atoms with Crippen molar-refractivity contribution in [3.05, 3.63) is 56.0 Å². The fourth-order valence-corrected chi connectivity index (χ4v) is 2.93. The van der Waals surface area contributed by atoms with Crippen molar-refractivity contribution in [3.63, 3.8) is 0 Å². The SMILES string of the molecule is Nc1cc(C(F)(F)F)cc(N2C(=O)c3cc(Cl)c(Cl)cc3C2=O)c1Cl. The Morgan fingerprint density at radius 3 is 1.80 bits per heavy atom. The molecule has 2 aromatic rings. The van der Waals surface area contributed by atoms with Crippen LogP contribution in [0.3, 0.4) is 0 Å². The summed E-state index contributed by atoms with van der Waals surface area (Å²) in [5.41, 5.74) is 3.30. The number of hydrogen-bond donors (Lipinski definition) is 1. The van der Waals surface area contributed by atoms with E-state index in [0.29, 0.717) is 17.0 Å². The molecule has 0 spiro atoms. The number of benzene rings is 2. The normalized spacial score (nSPS) is 14.2. The first-order valence-electron chi connectivity index (χ1n) is 6.56. The number of imide groups is 1. The molecule has 25 heavy (non-hydrogen) atoms. The first kappa shape index (κ1) is 17.8. The van der Waals surface area contributed by atoms with Gasteiger partial charge in [-0.05, 0) is 24.3 Å². The first-order valence-corrected chi connectivity index (χ1v) is 7.69. The number of halogens is 6. The largest absolute Gasteiger partial charge is 0.416 e. The Balaban J connectivity index is 2.20. The second-order valence-electron chi connectivity index (χ2n) is 5.15. The Labute approximate surface area is 153 Å². The van der Waals surface area contributed by atoms with Crippen LogP contribution >= 0.6 is 34.8 Å². The number of fused-ring (bicyclic) bond motifs is 1. The molecular formula is C15H6Cl3F3N2O2. The average Bonchev–Trinajstić information content (AvgIpc) is 2.73. The molecule has 2 amide bonds. The number of anilines is 2. The van der Waals surface area contributed by atoms with Gasteiger partial charge in [-0.25, -0.2) is 4.90 Å². The molecule has 0 saturated heterocycles. The zero-order valence-electron chi connectivity index (χ0n) is 11.9. The highest BCUT2D eigenvalue weighted by molar-refractivity contribution is 6.45. The van der Waals surface area contributed by atoms with Crippen LogP contribution in [0.1, 0.15) is 26.3 Å². The maximum Gasteiger partial charge on any atom is 0.416 e. The summed E-state index contributed by atoms with van der Waals surface area (Å²) in [6, 6.07) is 3.55. The molecule has 0 aromatic heterocycles. The van der Waals surface area contributed by atoms with Gasteiger partial charge in [-0.15, -0.1) is 0 Å². The van der Waals surface area contributed by atoms with Crippen LogP contribution in [0.25, 0.3) is 0 Å². The Morgan fingerprint density at radius 1 is 0.880 bits per heavy atom. The van der Waals surface area contributed by atoms with Gasteiger partial charge in [0.25, 0.3) is 11.8 Å². The molecule has 2 N–H and O–H groups in total. The summed E-state index contributed by atoms with van der Waals surface area (Å²) in [4.78, 5) is 25.6. The monoisotopic (exact) mass is 408 g/mol. The van der Waals surface area contributed by atoms with E-state index in [-0.39, 0.29) is 26.2 Å². The van der Waals surface area contributed by atoms with Crippen molar-refractivity contribution in [3.8, 4) is 0 Å². The van der Waals surface area contributed by atoms with Gasteiger partial charge in [-0.1, -0.05) is 34.8 Å². The van der Waals surface area contributed by atoms with Crippen LogP contribution in [0.2, 0.25) is 15.1 Å². The van der Waals surface area contributed by atoms with Crippen LogP contribution in [-0.2, 0) is 6.18 Å². The number of hydrogen-bond acceptors (Lipinski definition) is 3. The highest BCUT2D eigenvalue weighted by atomic mass is 35.5. The molecule has 0 aliphatic carbocycles. The van der Waals surface area contributed by atoms with Gasteiger partial charge >= 0.3 is 6.18 Å². The molecule has 1 aliphatic heterocycles. The lowest BCUT2D eigenvalue weighted by Crippen LogP contribution is -2.30. The van der Waals surface area contributed by atoms with Crippen LogP contribution in [0.4, 0.5) is 24.5 Å². The van der Waals surface area contributed by atoms with E-state index in [2.05, 4.69) is 0 Å². The third-order valence-corrected chi connectivity index (χ3v) is 4.71. The summed E-state index contributed by atoms with van der Waals surface area (Å²) in [6.07, 6.45) is -4.74. The number of carbonyl (C=O) groups excluding carboxylic acids is 2. The average molecular weight is 410 g/mol. The second kappa shape index (κ2) is 5.79. The van der Waals surface area contributed by atoms with Crippen molar-refractivity contribution in [1.82, 2.24) is 0 Å². The van der Waals surface area contributed by atoms with Gasteiger partial charge in [0.15, 0.2) is 0 Å². The lowest BCUT2D eigenvalue weighted by molar-refractivity contribution is -0.137. The maximum atomic E-state index is 13.0. The lowest BCUT2D eigenvalue weighted by Gasteiger charge is -2.19. The van der Waals surface area contributed by atoms with Crippen molar-refractivity contribution in [1.29, 1.82) is 0 Å². The number of alkyl halides is 3. The molecule has 4 nitrogen and oxygen atoms in total. The molecule has 10 heteroatoms. The zero-order valence-corrected chi connectivity index (χ0v) is 14.2. The van der Waals surface area contributed by atoms with E-state index in [1.54, 1.807) is 0 Å². The van der Waals surface area contributed by atoms with E-state index in [1.807, 2.05) is 0 Å². The fraction of sp³-hybridized carbons (Fsp3) is 0.0667. The number of nitrogen functional groups attached to an aromatic ring is 1. The number of nitrogens with two attached hydrogens (primary N) is 1. The molecule has 0 saturated carbocycles. The van der Waals surface area contributed by atoms with Crippen molar-refractivity contribution in [2.24, 2.45) is 0 Å². The third kappa shape index (κ3) is 2.82. The number of rotatable bonds is 1. The molecule has 0 atom stereocenters. The van der Waals surface area contributed by atoms with Gasteiger partial charge in [0, 0.05) is 0 Å². The van der Waals surface area contributed by atoms with E-state index in [4.69, 9.17) is 40.5 Å². The van der Waals surface area contributed by atoms with Crippen LogP contribution < -0.4 is 10.6 Å². The predicted molar refractivity (Wildman–Crippen MR) is 88.5 cm³/mol. The summed E-state index contributed by atoms with van der Waals surface area (Å²) < 4.78 is 39.0. The van der Waals surface area contributed by atoms with Crippen molar-refractivity contribution >= 4 is 58.0 Å². The third-order valence-electron chi connectivity index (χ3n) is 3.58. The molecule has 1 heterocycles. The minimum atomic E-state index is -4.74. The van der Waals surface area contributed by atoms with Crippen LogP contribution in [0.15, 0.2) is 24.3 Å². The molecule has 0 radical (unpaired) electrons. The maximum absolute atomic E-state index is 13.0. The highest BCUT2D eigenvalue weighted by Gasteiger charge is 2.40. The van der Waals surface area contributed by atoms with Gasteiger partial charge in [-0.2, -0.15) is 13.2 Å². The van der Waals surface area contributed by atoms with Gasteiger partial charge in [0.05, 0.1) is 43.1 Å². The quantitative estimate of drug-likeness (QED) is 0.530. The molecule has 0 unspecified atom stereocenters. The number of nitrogens with zero attached hydrogens (tertiary/aromatic N) is 1. The van der Waals surface area contributed by atoms with E-state index in [9.17, 15) is 22.8 Å². The topological polar surface area (TPSA) is 63.4 Å². The lowest BCUT2D eigenvalue weighted by atomic mass is 10.1. The van der Waals surface area contributed by atoms with Crippen LogP contribution in [-0.4, -0.2) is 11.8 Å².